The first-order chi connectivity index (χ1) is 7.88. The van der Waals surface area contributed by atoms with E-state index in [0.29, 0.717) is 13.2 Å². The van der Waals surface area contributed by atoms with E-state index in [0.717, 1.165) is 30.3 Å². The van der Waals surface area contributed by atoms with Gasteiger partial charge in [-0.05, 0) is 19.1 Å². The minimum atomic E-state index is 0.637. The van der Waals surface area contributed by atoms with Gasteiger partial charge in [0, 0.05) is 18.8 Å². The molecule has 1 N–H and O–H groups in total. The van der Waals surface area contributed by atoms with E-state index >= 15 is 0 Å². The molecule has 1 rings (SSSR count). The van der Waals surface area contributed by atoms with Gasteiger partial charge in [-0.1, -0.05) is 12.1 Å². The van der Waals surface area contributed by atoms with Gasteiger partial charge in [0.25, 0.3) is 0 Å². The molecule has 16 heavy (non-hydrogen) atoms. The number of rotatable bonds is 8. The van der Waals surface area contributed by atoms with E-state index in [1.165, 1.54) is 0 Å². The molecule has 0 bridgehead atoms. The van der Waals surface area contributed by atoms with Gasteiger partial charge in [0.2, 0.25) is 0 Å². The minimum absolute atomic E-state index is 0.637. The fraction of sp³-hybridized carbons (Fsp3) is 0.500. The van der Waals surface area contributed by atoms with Crippen LogP contribution in [-0.2, 0) is 0 Å². The molecule has 90 valence electrons. The van der Waals surface area contributed by atoms with Gasteiger partial charge in [0.1, 0.15) is 6.61 Å². The topological polar surface area (TPSA) is 30.5 Å². The van der Waals surface area contributed by atoms with E-state index in [-0.39, 0.29) is 0 Å². The number of benzene rings is 1. The summed E-state index contributed by atoms with van der Waals surface area (Å²) in [4.78, 5) is 0. The standard InChI is InChI=1S/C12H19NO2S/c1-2-14-11-5-3-4-6-12(11)15-9-7-13-8-10-16/h3-6,13,16H,2,7-10H2,1H3. The first-order valence-corrected chi connectivity index (χ1v) is 6.18. The highest BCUT2D eigenvalue weighted by molar-refractivity contribution is 7.80. The van der Waals surface area contributed by atoms with E-state index in [1.807, 2.05) is 31.2 Å². The zero-order chi connectivity index (χ0) is 11.6. The number of para-hydroxylation sites is 2. The second-order valence-electron chi connectivity index (χ2n) is 3.20. The van der Waals surface area contributed by atoms with Crippen molar-refractivity contribution in [3.63, 3.8) is 0 Å². The summed E-state index contributed by atoms with van der Waals surface area (Å²) in [5.41, 5.74) is 0. The molecule has 0 aromatic heterocycles. The van der Waals surface area contributed by atoms with Crippen molar-refractivity contribution in [3.05, 3.63) is 24.3 Å². The maximum Gasteiger partial charge on any atom is 0.161 e. The van der Waals surface area contributed by atoms with Crippen LogP contribution in [0.5, 0.6) is 11.5 Å². The van der Waals surface area contributed by atoms with E-state index in [4.69, 9.17) is 9.47 Å². The van der Waals surface area contributed by atoms with Crippen molar-refractivity contribution >= 4 is 12.6 Å². The van der Waals surface area contributed by atoms with Crippen molar-refractivity contribution < 1.29 is 9.47 Å². The number of nitrogens with one attached hydrogen (secondary N) is 1. The van der Waals surface area contributed by atoms with Crippen molar-refractivity contribution in [2.75, 3.05) is 32.1 Å². The Balaban J connectivity index is 2.34. The molecule has 0 aliphatic carbocycles. The van der Waals surface area contributed by atoms with Gasteiger partial charge in [0.05, 0.1) is 6.61 Å². The van der Waals surface area contributed by atoms with E-state index in [2.05, 4.69) is 17.9 Å². The Labute approximate surface area is 103 Å². The Bertz CT molecular complexity index is 294. The molecule has 0 spiro atoms. The molecule has 0 heterocycles. The highest BCUT2D eigenvalue weighted by Crippen LogP contribution is 2.25. The maximum absolute atomic E-state index is 5.62. The molecule has 0 saturated carbocycles. The lowest BCUT2D eigenvalue weighted by Crippen LogP contribution is -2.22. The van der Waals surface area contributed by atoms with Gasteiger partial charge < -0.3 is 14.8 Å². The first kappa shape index (κ1) is 13.2. The molecule has 1 aromatic carbocycles. The predicted molar refractivity (Wildman–Crippen MR) is 69.8 cm³/mol. The third kappa shape index (κ3) is 4.77. The molecule has 0 aliphatic heterocycles. The smallest absolute Gasteiger partial charge is 0.161 e. The Morgan fingerprint density at radius 2 is 1.81 bits per heavy atom. The van der Waals surface area contributed by atoms with Crippen molar-refractivity contribution in [1.29, 1.82) is 0 Å². The first-order valence-electron chi connectivity index (χ1n) is 5.54. The lowest BCUT2D eigenvalue weighted by molar-refractivity contribution is 0.276. The summed E-state index contributed by atoms with van der Waals surface area (Å²) in [6, 6.07) is 7.72. The Morgan fingerprint density at radius 3 is 2.44 bits per heavy atom. The number of hydrogen-bond donors (Lipinski definition) is 2. The van der Waals surface area contributed by atoms with Crippen LogP contribution in [0.1, 0.15) is 6.92 Å². The summed E-state index contributed by atoms with van der Waals surface area (Å²) in [6.07, 6.45) is 0. The van der Waals surface area contributed by atoms with Crippen LogP contribution in [0.2, 0.25) is 0 Å². The molecule has 0 radical (unpaired) electrons. The van der Waals surface area contributed by atoms with Crippen molar-refractivity contribution in [2.45, 2.75) is 6.92 Å². The van der Waals surface area contributed by atoms with Crippen molar-refractivity contribution in [3.8, 4) is 11.5 Å². The molecule has 0 fully saturated rings. The van der Waals surface area contributed by atoms with Gasteiger partial charge in [-0.15, -0.1) is 0 Å². The summed E-state index contributed by atoms with van der Waals surface area (Å²) in [6.45, 7) is 4.97. The van der Waals surface area contributed by atoms with Crippen LogP contribution >= 0.6 is 12.6 Å². The van der Waals surface area contributed by atoms with Gasteiger partial charge in [-0.3, -0.25) is 0 Å². The number of hydrogen-bond acceptors (Lipinski definition) is 4. The van der Waals surface area contributed by atoms with Gasteiger partial charge in [-0.2, -0.15) is 12.6 Å². The van der Waals surface area contributed by atoms with Crippen LogP contribution in [0, 0.1) is 0 Å². The summed E-state index contributed by atoms with van der Waals surface area (Å²) >= 11 is 4.11. The van der Waals surface area contributed by atoms with Crippen LogP contribution in [0.3, 0.4) is 0 Å². The second kappa shape index (κ2) is 8.30. The molecule has 0 atom stereocenters. The predicted octanol–water partition coefficient (Wildman–Crippen LogP) is 1.98. The molecular weight excluding hydrogens is 222 g/mol. The zero-order valence-corrected chi connectivity index (χ0v) is 10.5. The second-order valence-corrected chi connectivity index (χ2v) is 3.65. The molecule has 0 aliphatic rings. The normalized spacial score (nSPS) is 10.1. The van der Waals surface area contributed by atoms with Crippen molar-refractivity contribution in [2.24, 2.45) is 0 Å². The third-order valence-corrected chi connectivity index (χ3v) is 2.20. The largest absolute Gasteiger partial charge is 0.490 e. The molecule has 0 amide bonds. The summed E-state index contributed by atoms with van der Waals surface area (Å²) in [5.74, 6) is 2.45. The third-order valence-electron chi connectivity index (χ3n) is 1.97. The lowest BCUT2D eigenvalue weighted by Gasteiger charge is -2.11. The van der Waals surface area contributed by atoms with E-state index in [1.54, 1.807) is 0 Å². The monoisotopic (exact) mass is 241 g/mol. The fourth-order valence-electron chi connectivity index (χ4n) is 1.28. The maximum atomic E-state index is 5.62. The molecular formula is C12H19NO2S. The Kier molecular flexibility index (Phi) is 6.85. The highest BCUT2D eigenvalue weighted by Gasteiger charge is 2.02. The lowest BCUT2D eigenvalue weighted by atomic mass is 10.3. The van der Waals surface area contributed by atoms with Crippen LogP contribution in [0.4, 0.5) is 0 Å². The Hall–Kier alpha value is -0.870. The minimum Gasteiger partial charge on any atom is -0.490 e. The highest BCUT2D eigenvalue weighted by atomic mass is 32.1. The van der Waals surface area contributed by atoms with Crippen LogP contribution < -0.4 is 14.8 Å². The number of thiol groups is 1. The quantitative estimate of drug-likeness (QED) is 0.539. The van der Waals surface area contributed by atoms with E-state index < -0.39 is 0 Å². The summed E-state index contributed by atoms with van der Waals surface area (Å²) < 4.78 is 11.1. The van der Waals surface area contributed by atoms with E-state index in [9.17, 15) is 0 Å². The Morgan fingerprint density at radius 1 is 1.12 bits per heavy atom. The average Bonchev–Trinajstić information content (AvgIpc) is 2.31. The fourth-order valence-corrected chi connectivity index (χ4v) is 1.44. The molecule has 4 heteroatoms. The number of ether oxygens (including phenoxy) is 2. The van der Waals surface area contributed by atoms with Crippen molar-refractivity contribution in [1.82, 2.24) is 5.32 Å². The van der Waals surface area contributed by atoms with Crippen LogP contribution in [-0.4, -0.2) is 32.1 Å². The van der Waals surface area contributed by atoms with Crippen LogP contribution in [0.25, 0.3) is 0 Å². The van der Waals surface area contributed by atoms with Gasteiger partial charge in [-0.25, -0.2) is 0 Å². The molecule has 0 unspecified atom stereocenters. The summed E-state index contributed by atoms with van der Waals surface area (Å²) in [7, 11) is 0. The van der Waals surface area contributed by atoms with Gasteiger partial charge in [0.15, 0.2) is 11.5 Å². The summed E-state index contributed by atoms with van der Waals surface area (Å²) in [5, 5.41) is 3.21. The molecule has 0 saturated heterocycles. The van der Waals surface area contributed by atoms with Crippen LogP contribution in [0.15, 0.2) is 24.3 Å². The molecule has 3 nitrogen and oxygen atoms in total. The van der Waals surface area contributed by atoms with Gasteiger partial charge >= 0.3 is 0 Å². The zero-order valence-electron chi connectivity index (χ0n) is 9.61. The SMILES string of the molecule is CCOc1ccccc1OCCNCCS. The average molecular weight is 241 g/mol. The molecule has 1 aromatic rings.